The van der Waals surface area contributed by atoms with Crippen molar-refractivity contribution in [3.8, 4) is 0 Å². The molecule has 0 amide bonds. The SMILES string of the molecule is Cc1ccc2nc(Sc3ccccc3)c(C=NO)c(=O)n2c1. The van der Waals surface area contributed by atoms with E-state index < -0.39 is 0 Å². The Morgan fingerprint density at radius 2 is 2.00 bits per heavy atom. The van der Waals surface area contributed by atoms with Crippen LogP contribution in [-0.2, 0) is 0 Å². The second kappa shape index (κ2) is 6.03. The van der Waals surface area contributed by atoms with Gasteiger partial charge in [0.2, 0.25) is 0 Å². The van der Waals surface area contributed by atoms with E-state index in [0.29, 0.717) is 10.7 Å². The first kappa shape index (κ1) is 14.3. The summed E-state index contributed by atoms with van der Waals surface area (Å²) in [6, 6.07) is 13.3. The van der Waals surface area contributed by atoms with Crippen molar-refractivity contribution in [2.24, 2.45) is 5.16 Å². The molecule has 0 spiro atoms. The van der Waals surface area contributed by atoms with Gasteiger partial charge < -0.3 is 5.21 Å². The van der Waals surface area contributed by atoms with Gasteiger partial charge in [-0.1, -0.05) is 41.2 Å². The first-order valence-corrected chi connectivity index (χ1v) is 7.44. The average Bonchev–Trinajstić information content (AvgIpc) is 2.53. The van der Waals surface area contributed by atoms with Gasteiger partial charge in [0.1, 0.15) is 10.7 Å². The number of fused-ring (bicyclic) bond motifs is 1. The molecule has 110 valence electrons. The topological polar surface area (TPSA) is 67.0 Å². The fourth-order valence-electron chi connectivity index (χ4n) is 2.08. The molecule has 2 heterocycles. The van der Waals surface area contributed by atoms with E-state index in [2.05, 4.69) is 10.1 Å². The minimum atomic E-state index is -0.259. The van der Waals surface area contributed by atoms with Gasteiger partial charge in [-0.2, -0.15) is 0 Å². The van der Waals surface area contributed by atoms with Gasteiger partial charge in [0.25, 0.3) is 5.56 Å². The lowest BCUT2D eigenvalue weighted by atomic mass is 10.3. The predicted molar refractivity (Wildman–Crippen MR) is 86.1 cm³/mol. The maximum atomic E-state index is 12.6. The first-order chi connectivity index (χ1) is 10.7. The van der Waals surface area contributed by atoms with Gasteiger partial charge in [0, 0.05) is 11.1 Å². The molecule has 3 aromatic rings. The number of aromatic nitrogens is 2. The number of pyridine rings is 1. The summed E-state index contributed by atoms with van der Waals surface area (Å²) in [5.41, 5.74) is 1.51. The van der Waals surface area contributed by atoms with Crippen molar-refractivity contribution in [2.75, 3.05) is 0 Å². The molecule has 0 atom stereocenters. The van der Waals surface area contributed by atoms with Crippen LogP contribution in [0.15, 0.2) is 68.5 Å². The first-order valence-electron chi connectivity index (χ1n) is 6.62. The van der Waals surface area contributed by atoms with Crippen molar-refractivity contribution in [2.45, 2.75) is 16.8 Å². The van der Waals surface area contributed by atoms with E-state index in [1.54, 1.807) is 12.3 Å². The Morgan fingerprint density at radius 1 is 1.23 bits per heavy atom. The molecule has 2 aromatic heterocycles. The van der Waals surface area contributed by atoms with Crippen LogP contribution in [0.1, 0.15) is 11.1 Å². The number of rotatable bonds is 3. The lowest BCUT2D eigenvalue weighted by Gasteiger charge is -2.08. The second-order valence-electron chi connectivity index (χ2n) is 4.73. The fraction of sp³-hybridized carbons (Fsp3) is 0.0625. The molecule has 0 saturated carbocycles. The summed E-state index contributed by atoms with van der Waals surface area (Å²) in [6.45, 7) is 1.90. The molecular weight excluding hydrogens is 298 g/mol. The van der Waals surface area contributed by atoms with Crippen LogP contribution in [0.5, 0.6) is 0 Å². The summed E-state index contributed by atoms with van der Waals surface area (Å²) >= 11 is 1.36. The Morgan fingerprint density at radius 3 is 2.73 bits per heavy atom. The third-order valence-electron chi connectivity index (χ3n) is 3.12. The summed E-state index contributed by atoms with van der Waals surface area (Å²) < 4.78 is 1.46. The van der Waals surface area contributed by atoms with E-state index in [4.69, 9.17) is 5.21 Å². The number of hydrogen-bond donors (Lipinski definition) is 1. The largest absolute Gasteiger partial charge is 0.411 e. The number of aryl methyl sites for hydroxylation is 1. The number of oxime groups is 1. The lowest BCUT2D eigenvalue weighted by molar-refractivity contribution is 0.321. The van der Waals surface area contributed by atoms with Gasteiger partial charge in [0.05, 0.1) is 11.8 Å². The van der Waals surface area contributed by atoms with E-state index in [-0.39, 0.29) is 11.1 Å². The van der Waals surface area contributed by atoms with Gasteiger partial charge in [-0.15, -0.1) is 0 Å². The maximum Gasteiger partial charge on any atom is 0.267 e. The Labute approximate surface area is 130 Å². The summed E-state index contributed by atoms with van der Waals surface area (Å²) in [6.07, 6.45) is 2.85. The summed E-state index contributed by atoms with van der Waals surface area (Å²) in [5, 5.41) is 12.4. The van der Waals surface area contributed by atoms with Crippen molar-refractivity contribution in [3.63, 3.8) is 0 Å². The van der Waals surface area contributed by atoms with Gasteiger partial charge >= 0.3 is 0 Å². The van der Waals surface area contributed by atoms with Crippen molar-refractivity contribution < 1.29 is 5.21 Å². The molecule has 0 aliphatic carbocycles. The molecule has 0 radical (unpaired) electrons. The minimum Gasteiger partial charge on any atom is -0.411 e. The molecule has 1 aromatic carbocycles. The van der Waals surface area contributed by atoms with Crippen molar-refractivity contribution >= 4 is 23.6 Å². The van der Waals surface area contributed by atoms with Crippen LogP contribution in [0.3, 0.4) is 0 Å². The van der Waals surface area contributed by atoms with E-state index >= 15 is 0 Å². The molecule has 0 fully saturated rings. The molecule has 0 aliphatic heterocycles. The highest BCUT2D eigenvalue weighted by molar-refractivity contribution is 7.99. The zero-order valence-electron chi connectivity index (χ0n) is 11.8. The van der Waals surface area contributed by atoms with Gasteiger partial charge in [-0.25, -0.2) is 4.98 Å². The molecule has 5 nitrogen and oxygen atoms in total. The van der Waals surface area contributed by atoms with Crippen molar-refractivity contribution in [3.05, 3.63) is 70.1 Å². The molecule has 6 heteroatoms. The van der Waals surface area contributed by atoms with Gasteiger partial charge in [-0.05, 0) is 30.7 Å². The Kier molecular flexibility index (Phi) is 3.93. The smallest absolute Gasteiger partial charge is 0.267 e. The molecule has 0 saturated heterocycles. The predicted octanol–water partition coefficient (Wildman–Crippen LogP) is 2.96. The molecule has 0 unspecified atom stereocenters. The number of benzene rings is 1. The lowest BCUT2D eigenvalue weighted by Crippen LogP contribution is -2.21. The maximum absolute atomic E-state index is 12.6. The highest BCUT2D eigenvalue weighted by atomic mass is 32.2. The average molecular weight is 311 g/mol. The third kappa shape index (κ3) is 2.73. The Balaban J connectivity index is 2.22. The van der Waals surface area contributed by atoms with Crippen LogP contribution < -0.4 is 5.56 Å². The van der Waals surface area contributed by atoms with Crippen molar-refractivity contribution in [1.82, 2.24) is 9.38 Å². The van der Waals surface area contributed by atoms with Gasteiger partial charge in [-0.3, -0.25) is 9.20 Å². The number of nitrogens with zero attached hydrogens (tertiary/aromatic N) is 3. The van der Waals surface area contributed by atoms with Crippen LogP contribution in [0.4, 0.5) is 0 Å². The van der Waals surface area contributed by atoms with E-state index in [1.807, 2.05) is 43.3 Å². The second-order valence-corrected chi connectivity index (χ2v) is 5.79. The summed E-state index contributed by atoms with van der Waals surface area (Å²) in [5.74, 6) is 0. The van der Waals surface area contributed by atoms with E-state index in [9.17, 15) is 4.79 Å². The van der Waals surface area contributed by atoms with Crippen LogP contribution in [0, 0.1) is 6.92 Å². The normalized spacial score (nSPS) is 11.3. The zero-order valence-corrected chi connectivity index (χ0v) is 12.6. The fourth-order valence-corrected chi connectivity index (χ4v) is 2.99. The molecule has 0 bridgehead atoms. The highest BCUT2D eigenvalue weighted by Gasteiger charge is 2.13. The summed E-state index contributed by atoms with van der Waals surface area (Å²) in [4.78, 5) is 18.1. The van der Waals surface area contributed by atoms with Crippen LogP contribution >= 0.6 is 11.8 Å². The molecule has 1 N–H and O–H groups in total. The van der Waals surface area contributed by atoms with E-state index in [0.717, 1.165) is 16.7 Å². The molecule has 0 aliphatic rings. The Bertz CT molecular complexity index is 904. The quantitative estimate of drug-likeness (QED) is 0.349. The summed E-state index contributed by atoms with van der Waals surface area (Å²) in [7, 11) is 0. The third-order valence-corrected chi connectivity index (χ3v) is 4.13. The van der Waals surface area contributed by atoms with Crippen LogP contribution in [0.2, 0.25) is 0 Å². The number of hydrogen-bond acceptors (Lipinski definition) is 5. The minimum absolute atomic E-state index is 0.259. The molecule has 3 rings (SSSR count). The van der Waals surface area contributed by atoms with Crippen LogP contribution in [0.25, 0.3) is 5.65 Å². The standard InChI is InChI=1S/C16H13N3O2S/c1-11-7-8-14-18-15(22-12-5-3-2-4-6-12)13(9-17-21)16(20)19(14)10-11/h2-10,21H,1H3. The monoisotopic (exact) mass is 311 g/mol. The zero-order chi connectivity index (χ0) is 15.5. The Hall–Kier alpha value is -2.60. The van der Waals surface area contributed by atoms with Crippen molar-refractivity contribution in [1.29, 1.82) is 0 Å². The van der Waals surface area contributed by atoms with Gasteiger partial charge in [0.15, 0.2) is 0 Å². The van der Waals surface area contributed by atoms with Crippen LogP contribution in [-0.4, -0.2) is 20.8 Å². The molecular formula is C16H13N3O2S. The highest BCUT2D eigenvalue weighted by Crippen LogP contribution is 2.27. The van der Waals surface area contributed by atoms with E-state index in [1.165, 1.54) is 16.2 Å². The molecule has 22 heavy (non-hydrogen) atoms.